The Labute approximate surface area is 634 Å². The summed E-state index contributed by atoms with van der Waals surface area (Å²) in [5, 5.41) is 16.7. The number of rotatable bonds is 36. The van der Waals surface area contributed by atoms with Crippen molar-refractivity contribution in [3.05, 3.63) is 20.1 Å². The van der Waals surface area contributed by atoms with Gasteiger partial charge in [0.2, 0.25) is 0 Å². The summed E-state index contributed by atoms with van der Waals surface area (Å²) >= 11 is 36.9. The number of halogens is 4. The van der Waals surface area contributed by atoms with Crippen LogP contribution in [0.25, 0.3) is 89.7 Å². The van der Waals surface area contributed by atoms with Gasteiger partial charge in [-0.25, -0.2) is 29.9 Å². The fourth-order valence-corrected chi connectivity index (χ4v) is 15.8. The Hall–Kier alpha value is -5.00. The number of ether oxygens (including phenoxy) is 8. The van der Waals surface area contributed by atoms with E-state index in [0.29, 0.717) is 197 Å². The Kier molecular flexibility index (Phi) is 28.4. The molecule has 17 nitrogen and oxygen atoms in total. The zero-order valence-electron chi connectivity index (χ0n) is 62.4. The molecule has 0 aliphatic carbocycles. The molecule has 2 aliphatic rings. The minimum Gasteiger partial charge on any atom is -0.492 e. The lowest BCUT2D eigenvalue weighted by atomic mass is 10.0. The highest BCUT2D eigenvalue weighted by molar-refractivity contribution is 7.99. The maximum absolute atomic E-state index is 13.9. The van der Waals surface area contributed by atoms with E-state index in [4.69, 9.17) is 114 Å². The number of aromatic nitrogens is 8. The highest BCUT2D eigenvalue weighted by atomic mass is 35.5. The normalized spacial score (nSPS) is 12.3. The van der Waals surface area contributed by atoms with E-state index in [1.165, 1.54) is 47.0 Å². The van der Waals surface area contributed by atoms with E-state index in [1.54, 1.807) is 0 Å². The van der Waals surface area contributed by atoms with Gasteiger partial charge in [0, 0.05) is 0 Å². The third kappa shape index (κ3) is 17.8. The van der Waals surface area contributed by atoms with Crippen molar-refractivity contribution < 1.29 is 43.1 Å². The van der Waals surface area contributed by atoms with Gasteiger partial charge in [0.25, 0.3) is 0 Å². The fourth-order valence-electron chi connectivity index (χ4n) is 11.4. The van der Waals surface area contributed by atoms with E-state index < -0.39 is 0 Å². The second-order valence-electron chi connectivity index (χ2n) is 29.0. The predicted molar refractivity (Wildman–Crippen MR) is 424 cm³/mol. The molecule has 4 aromatic carbocycles. The van der Waals surface area contributed by atoms with Crippen LogP contribution in [0.15, 0.2) is 19.6 Å². The second-order valence-corrected chi connectivity index (χ2v) is 33.8. The first-order chi connectivity index (χ1) is 48.2. The van der Waals surface area contributed by atoms with Gasteiger partial charge >= 0.3 is 0 Å². The lowest BCUT2D eigenvalue weighted by molar-refractivity contribution is 0.208. The van der Waals surface area contributed by atoms with Gasteiger partial charge in [-0.15, -0.1) is 51.8 Å². The van der Waals surface area contributed by atoms with E-state index in [2.05, 4.69) is 116 Å². The van der Waals surface area contributed by atoms with E-state index >= 15 is 0 Å². The SMILES string of the molecule is CSc1c(Cl)c(OCCC(C)C)c2c(c1OCCC(C)C)-c1nc-2nc2c3c(OCCC(C)C)c(SC)c(Cl)c(OCCC(C)C)c3c(nc3nc(nc4[nH]c(n1)c1c(OCCC(C)C)c(Cl)c(SC)c(OCCC(C)C)c41)-c1c(OCCC(C)C)c(Cl)c(SC)c(OCCC(C)C)c1-3)n2O. The van der Waals surface area contributed by atoms with Crippen molar-refractivity contribution in [1.82, 2.24) is 39.6 Å². The molecule has 0 saturated carbocycles. The smallest absolute Gasteiger partial charge is 0.184 e. The summed E-state index contributed by atoms with van der Waals surface area (Å²) in [6.45, 7) is 36.7. The van der Waals surface area contributed by atoms with Crippen molar-refractivity contribution in [1.29, 1.82) is 0 Å². The van der Waals surface area contributed by atoms with Crippen LogP contribution >= 0.6 is 93.5 Å². The molecule has 25 heteroatoms. The Balaban J connectivity index is 1.67. The minimum absolute atomic E-state index is 0.0368. The molecule has 8 bridgehead atoms. The molecule has 0 saturated heterocycles. The minimum atomic E-state index is -0.0545. The van der Waals surface area contributed by atoms with Crippen molar-refractivity contribution in [2.45, 2.75) is 182 Å². The molecule has 9 rings (SSSR count). The number of nitrogens with one attached hydrogen (secondary N) is 1. The molecular weight excluding hydrogens is 1440 g/mol. The van der Waals surface area contributed by atoms with Crippen LogP contribution in [0, 0.1) is 47.3 Å². The van der Waals surface area contributed by atoms with Crippen molar-refractivity contribution in [3.63, 3.8) is 0 Å². The molecule has 7 aromatic rings. The van der Waals surface area contributed by atoms with Crippen LogP contribution in [-0.2, 0) is 0 Å². The molecular formula is C76H102Cl4N8O9S4. The second kappa shape index (κ2) is 35.9. The van der Waals surface area contributed by atoms with E-state index in [-0.39, 0.29) is 123 Å². The fraction of sp³-hybridized carbons (Fsp3) is 0.579. The molecule has 3 aromatic heterocycles. The van der Waals surface area contributed by atoms with Crippen molar-refractivity contribution in [3.8, 4) is 91.5 Å². The summed E-state index contributed by atoms with van der Waals surface area (Å²) in [4.78, 5) is 39.9. The maximum Gasteiger partial charge on any atom is 0.184 e. The molecule has 101 heavy (non-hydrogen) atoms. The summed E-state index contributed by atoms with van der Waals surface area (Å²) in [5.41, 5.74) is 2.07. The number of aromatic amines is 1. The first-order valence-electron chi connectivity index (χ1n) is 35.5. The highest BCUT2D eigenvalue weighted by Gasteiger charge is 2.39. The monoisotopic (exact) mass is 1540 g/mol. The molecule has 2 aliphatic heterocycles. The van der Waals surface area contributed by atoms with Crippen LogP contribution in [-0.4, -0.2) is 123 Å². The van der Waals surface area contributed by atoms with Gasteiger partial charge < -0.3 is 48.1 Å². The molecule has 0 radical (unpaired) electrons. The van der Waals surface area contributed by atoms with Gasteiger partial charge in [0.05, 0.1) is 116 Å². The number of benzene rings is 4. The number of thioether (sulfide) groups is 4. The molecule has 5 heterocycles. The van der Waals surface area contributed by atoms with E-state index in [9.17, 15) is 5.21 Å². The molecule has 0 fully saturated rings. The molecule has 0 atom stereocenters. The zero-order chi connectivity index (χ0) is 73.4. The predicted octanol–water partition coefficient (Wildman–Crippen LogP) is 23.5. The molecule has 552 valence electrons. The Bertz CT molecular complexity index is 4300. The molecule has 0 amide bonds. The van der Waals surface area contributed by atoms with Crippen LogP contribution < -0.4 is 37.9 Å². The number of H-pyrrole nitrogens is 1. The average Bonchev–Trinajstić information content (AvgIpc) is 1.58. The van der Waals surface area contributed by atoms with Gasteiger partial charge in [-0.05, 0) is 124 Å². The Morgan fingerprint density at radius 1 is 0.307 bits per heavy atom. The maximum atomic E-state index is 13.9. The van der Waals surface area contributed by atoms with Crippen molar-refractivity contribution in [2.75, 3.05) is 77.9 Å². The van der Waals surface area contributed by atoms with Crippen molar-refractivity contribution in [2.24, 2.45) is 47.3 Å². The number of fused-ring (bicyclic) bond motifs is 20. The third-order valence-corrected chi connectivity index (χ3v) is 22.4. The summed E-state index contributed by atoms with van der Waals surface area (Å²) in [6, 6.07) is 0. The average molecular weight is 1540 g/mol. The van der Waals surface area contributed by atoms with Crippen LogP contribution in [0.3, 0.4) is 0 Å². The van der Waals surface area contributed by atoms with Gasteiger partial charge in [-0.1, -0.05) is 157 Å². The van der Waals surface area contributed by atoms with Crippen molar-refractivity contribution >= 4 is 138 Å². The van der Waals surface area contributed by atoms with Gasteiger partial charge in [-0.2, -0.15) is 0 Å². The molecule has 2 N–H and O–H groups in total. The van der Waals surface area contributed by atoms with Crippen LogP contribution in [0.5, 0.6) is 46.0 Å². The largest absolute Gasteiger partial charge is 0.492 e. The van der Waals surface area contributed by atoms with E-state index in [1.807, 2.05) is 25.0 Å². The number of hydrogen-bond donors (Lipinski definition) is 2. The van der Waals surface area contributed by atoms with Gasteiger partial charge in [0.15, 0.2) is 57.6 Å². The van der Waals surface area contributed by atoms with Crippen LogP contribution in [0.1, 0.15) is 162 Å². The summed E-state index contributed by atoms with van der Waals surface area (Å²) < 4.78 is 57.2. The van der Waals surface area contributed by atoms with Crippen LogP contribution in [0.2, 0.25) is 20.1 Å². The third-order valence-electron chi connectivity index (χ3n) is 17.3. The first kappa shape index (κ1) is 80.1. The Morgan fingerprint density at radius 2 is 0.525 bits per heavy atom. The first-order valence-corrected chi connectivity index (χ1v) is 41.9. The topological polar surface area (TPSA) is 192 Å². The number of nitrogens with zero attached hydrogens (tertiary/aromatic N) is 7. The lowest BCUT2D eigenvalue weighted by Gasteiger charge is -2.20. The van der Waals surface area contributed by atoms with E-state index in [0.717, 1.165) is 11.2 Å². The highest BCUT2D eigenvalue weighted by Crippen LogP contribution is 2.60. The molecule has 0 spiro atoms. The standard InChI is InChI=1S/C76H102Cl4N8O9S4/c1-37(2)21-29-90-57-45-48(61(65(98-17)53(57)77)94-33-25-41(9)10)71-81-69(45)82-72-49-47(59(92-31-23-39(5)6)55(79)66(99-18)62(49)95-34-26-42(11)12)73(85-72)86-76-52-51(60(93-32-24-40(7)8)56(80)68(101-20)64(52)97-36-28-44(15)16)75(88(76)89)87-74-50-46(70(83-71)84-74)58(91-30-22-38(3)4)54(78)67(100-19)63(50)96-35-27-43(13)14/h37-44,89H,21-36H2,1-20H3,(H,81,82,83,84,85,86,87). The molecule has 0 unspecified atom stereocenters. The Morgan fingerprint density at radius 3 is 0.832 bits per heavy atom. The van der Waals surface area contributed by atoms with Gasteiger partial charge in [-0.3, -0.25) is 0 Å². The van der Waals surface area contributed by atoms with Gasteiger partial charge in [0.1, 0.15) is 54.4 Å². The summed E-state index contributed by atoms with van der Waals surface area (Å²) in [6.07, 6.45) is 13.4. The quantitative estimate of drug-likeness (QED) is 0.0278. The zero-order valence-corrected chi connectivity index (χ0v) is 68.7. The number of hydrogen-bond acceptors (Lipinski definition) is 19. The van der Waals surface area contributed by atoms with Crippen LogP contribution in [0.4, 0.5) is 0 Å². The summed E-state index contributed by atoms with van der Waals surface area (Å²) in [5.74, 6) is 5.49. The lowest BCUT2D eigenvalue weighted by Crippen LogP contribution is -2.07. The summed E-state index contributed by atoms with van der Waals surface area (Å²) in [7, 11) is 0.